The predicted molar refractivity (Wildman–Crippen MR) is 69.5 cm³/mol. The molecule has 2 fully saturated rings. The minimum atomic E-state index is -0.363. The number of carbonyl (C=O) groups excluding carboxylic acids is 2. The minimum Gasteiger partial charge on any atom is -0.467 e. The Hall–Kier alpha value is -1.10. The molecule has 2 rings (SSSR count). The first-order valence-corrected chi connectivity index (χ1v) is 7.08. The number of carbonyl (C=O) groups is 2. The van der Waals surface area contributed by atoms with Crippen molar-refractivity contribution in [3.05, 3.63) is 0 Å². The van der Waals surface area contributed by atoms with Gasteiger partial charge >= 0.3 is 5.97 Å². The van der Waals surface area contributed by atoms with Gasteiger partial charge in [0.1, 0.15) is 6.04 Å². The lowest BCUT2D eigenvalue weighted by Crippen LogP contribution is -2.45. The third-order valence-corrected chi connectivity index (χ3v) is 4.37. The third-order valence-electron chi connectivity index (χ3n) is 4.37. The molecule has 0 N–H and O–H groups in total. The fourth-order valence-electron chi connectivity index (χ4n) is 3.19. The third kappa shape index (κ3) is 3.08. The fourth-order valence-corrected chi connectivity index (χ4v) is 3.19. The molecule has 5 heteroatoms. The van der Waals surface area contributed by atoms with Crippen molar-refractivity contribution in [1.29, 1.82) is 0 Å². The van der Waals surface area contributed by atoms with Crippen LogP contribution in [-0.4, -0.2) is 49.7 Å². The van der Waals surface area contributed by atoms with Crippen LogP contribution in [0.4, 0.5) is 0 Å². The van der Waals surface area contributed by atoms with E-state index in [-0.39, 0.29) is 23.8 Å². The van der Waals surface area contributed by atoms with E-state index in [1.807, 2.05) is 0 Å². The smallest absolute Gasteiger partial charge is 0.328 e. The lowest BCUT2D eigenvalue weighted by atomic mass is 9.86. The molecule has 0 aromatic carbocycles. The highest BCUT2D eigenvalue weighted by Crippen LogP contribution is 2.30. The second-order valence-electron chi connectivity index (χ2n) is 5.42. The molecule has 0 spiro atoms. The van der Waals surface area contributed by atoms with Gasteiger partial charge in [-0.1, -0.05) is 0 Å². The highest BCUT2D eigenvalue weighted by Gasteiger charge is 2.38. The number of esters is 1. The lowest BCUT2D eigenvalue weighted by Gasteiger charge is -2.31. The standard InChI is InChI=1S/C14H23NO4/c1-18-11-7-5-10(6-8-11)13(16)15-9-3-4-12(15)14(17)19-2/h10-12H,3-9H2,1-2H3. The van der Waals surface area contributed by atoms with Gasteiger partial charge in [0.2, 0.25) is 5.91 Å². The minimum absolute atomic E-state index is 0.0525. The van der Waals surface area contributed by atoms with Crippen molar-refractivity contribution in [2.75, 3.05) is 20.8 Å². The molecule has 1 unspecified atom stereocenters. The fraction of sp³-hybridized carbons (Fsp3) is 0.857. The van der Waals surface area contributed by atoms with Gasteiger partial charge in [0.05, 0.1) is 13.2 Å². The molecule has 1 atom stereocenters. The molecular formula is C14H23NO4. The average molecular weight is 269 g/mol. The second kappa shape index (κ2) is 6.37. The Balaban J connectivity index is 1.94. The molecule has 0 bridgehead atoms. The molecule has 1 saturated heterocycles. The predicted octanol–water partition coefficient (Wildman–Crippen LogP) is 1.36. The van der Waals surface area contributed by atoms with Gasteiger partial charge in [-0.25, -0.2) is 4.79 Å². The zero-order valence-electron chi connectivity index (χ0n) is 11.8. The van der Waals surface area contributed by atoms with E-state index < -0.39 is 0 Å². The van der Waals surface area contributed by atoms with Crippen LogP contribution in [0.25, 0.3) is 0 Å². The van der Waals surface area contributed by atoms with E-state index in [0.717, 1.165) is 38.5 Å². The van der Waals surface area contributed by atoms with E-state index in [4.69, 9.17) is 9.47 Å². The Kier molecular flexibility index (Phi) is 4.80. The van der Waals surface area contributed by atoms with Crippen LogP contribution in [0.15, 0.2) is 0 Å². The van der Waals surface area contributed by atoms with Gasteiger partial charge in [-0.15, -0.1) is 0 Å². The van der Waals surface area contributed by atoms with Crippen LogP contribution >= 0.6 is 0 Å². The van der Waals surface area contributed by atoms with Crippen LogP contribution in [0, 0.1) is 5.92 Å². The number of rotatable bonds is 3. The van der Waals surface area contributed by atoms with Gasteiger partial charge in [0.25, 0.3) is 0 Å². The molecule has 1 heterocycles. The molecule has 108 valence electrons. The van der Waals surface area contributed by atoms with E-state index >= 15 is 0 Å². The zero-order valence-corrected chi connectivity index (χ0v) is 11.8. The normalized spacial score (nSPS) is 31.3. The largest absolute Gasteiger partial charge is 0.467 e. The summed E-state index contributed by atoms with van der Waals surface area (Å²) in [7, 11) is 3.10. The maximum absolute atomic E-state index is 12.5. The second-order valence-corrected chi connectivity index (χ2v) is 5.42. The van der Waals surface area contributed by atoms with Crippen molar-refractivity contribution < 1.29 is 19.1 Å². The number of nitrogens with zero attached hydrogens (tertiary/aromatic N) is 1. The molecule has 1 saturated carbocycles. The van der Waals surface area contributed by atoms with E-state index in [9.17, 15) is 9.59 Å². The monoisotopic (exact) mass is 269 g/mol. The maximum atomic E-state index is 12.5. The average Bonchev–Trinajstić information content (AvgIpc) is 2.95. The Morgan fingerprint density at radius 1 is 1.05 bits per heavy atom. The van der Waals surface area contributed by atoms with Crippen LogP contribution in [0.1, 0.15) is 38.5 Å². The van der Waals surface area contributed by atoms with Crippen LogP contribution < -0.4 is 0 Å². The lowest BCUT2D eigenvalue weighted by molar-refractivity contribution is -0.153. The maximum Gasteiger partial charge on any atom is 0.328 e. The highest BCUT2D eigenvalue weighted by atomic mass is 16.5. The van der Waals surface area contributed by atoms with Gasteiger partial charge in [0, 0.05) is 19.6 Å². The van der Waals surface area contributed by atoms with E-state index in [1.165, 1.54) is 7.11 Å². The molecule has 1 aliphatic carbocycles. The topological polar surface area (TPSA) is 55.8 Å². The SMILES string of the molecule is COC(=O)C1CCCN1C(=O)C1CCC(OC)CC1. The summed E-state index contributed by atoms with van der Waals surface area (Å²) in [6, 6.07) is -0.363. The van der Waals surface area contributed by atoms with Crippen LogP contribution in [0.5, 0.6) is 0 Å². The molecule has 1 amide bonds. The number of ether oxygens (including phenoxy) is 2. The summed E-state index contributed by atoms with van der Waals surface area (Å²) >= 11 is 0. The van der Waals surface area contributed by atoms with Crippen LogP contribution in [0.3, 0.4) is 0 Å². The first-order valence-electron chi connectivity index (χ1n) is 7.08. The molecule has 0 aromatic rings. The van der Waals surface area contributed by atoms with Gasteiger partial charge in [0.15, 0.2) is 0 Å². The van der Waals surface area contributed by atoms with Crippen molar-refractivity contribution in [3.63, 3.8) is 0 Å². The number of likely N-dealkylation sites (tertiary alicyclic amines) is 1. The summed E-state index contributed by atoms with van der Waals surface area (Å²) in [4.78, 5) is 25.9. The number of hydrogen-bond acceptors (Lipinski definition) is 4. The molecule has 19 heavy (non-hydrogen) atoms. The summed E-state index contributed by atoms with van der Waals surface area (Å²) in [6.07, 6.45) is 5.50. The zero-order chi connectivity index (χ0) is 13.8. The molecular weight excluding hydrogens is 246 g/mol. The summed E-state index contributed by atoms with van der Waals surface area (Å²) in [5, 5.41) is 0. The van der Waals surface area contributed by atoms with Crippen molar-refractivity contribution in [2.45, 2.75) is 50.7 Å². The Morgan fingerprint density at radius 3 is 2.32 bits per heavy atom. The summed E-state index contributed by atoms with van der Waals surface area (Å²) in [5.41, 5.74) is 0. The first kappa shape index (κ1) is 14.3. The summed E-state index contributed by atoms with van der Waals surface area (Å²) in [6.45, 7) is 0.683. The van der Waals surface area contributed by atoms with Gasteiger partial charge in [-0.2, -0.15) is 0 Å². The van der Waals surface area contributed by atoms with Crippen molar-refractivity contribution >= 4 is 11.9 Å². The van der Waals surface area contributed by atoms with Crippen molar-refractivity contribution in [1.82, 2.24) is 4.90 Å². The van der Waals surface area contributed by atoms with E-state index in [1.54, 1.807) is 12.0 Å². The van der Waals surface area contributed by atoms with Gasteiger partial charge in [-0.3, -0.25) is 4.79 Å². The molecule has 0 radical (unpaired) electrons. The highest BCUT2D eigenvalue weighted by molar-refractivity contribution is 5.86. The molecule has 1 aliphatic heterocycles. The summed E-state index contributed by atoms with van der Waals surface area (Å²) < 4.78 is 10.1. The molecule has 5 nitrogen and oxygen atoms in total. The quantitative estimate of drug-likeness (QED) is 0.726. The van der Waals surface area contributed by atoms with E-state index in [0.29, 0.717) is 12.6 Å². The van der Waals surface area contributed by atoms with Crippen molar-refractivity contribution in [3.8, 4) is 0 Å². The first-order chi connectivity index (χ1) is 9.17. The van der Waals surface area contributed by atoms with Crippen LogP contribution in [0.2, 0.25) is 0 Å². The van der Waals surface area contributed by atoms with Gasteiger partial charge < -0.3 is 14.4 Å². The number of hydrogen-bond donors (Lipinski definition) is 0. The van der Waals surface area contributed by atoms with Gasteiger partial charge in [-0.05, 0) is 38.5 Å². The number of methoxy groups -OCH3 is 2. The Morgan fingerprint density at radius 2 is 1.74 bits per heavy atom. The number of amides is 1. The van der Waals surface area contributed by atoms with Crippen LogP contribution in [-0.2, 0) is 19.1 Å². The van der Waals surface area contributed by atoms with Crippen molar-refractivity contribution in [2.24, 2.45) is 5.92 Å². The molecule has 2 aliphatic rings. The Bertz CT molecular complexity index is 336. The Labute approximate surface area is 114 Å². The van der Waals surface area contributed by atoms with E-state index in [2.05, 4.69) is 0 Å². The summed E-state index contributed by atoms with van der Waals surface area (Å²) in [5.74, 6) is -0.101. The molecule has 0 aromatic heterocycles.